The van der Waals surface area contributed by atoms with Gasteiger partial charge in [0.25, 0.3) is 0 Å². The van der Waals surface area contributed by atoms with E-state index in [4.69, 9.17) is 5.11 Å². The molecule has 4 N–H and O–H groups in total. The van der Waals surface area contributed by atoms with Gasteiger partial charge in [0.1, 0.15) is 6.04 Å². The third kappa shape index (κ3) is 5.44. The first-order valence-corrected chi connectivity index (χ1v) is 6.21. The summed E-state index contributed by atoms with van der Waals surface area (Å²) in [5, 5.41) is 24.3. The summed E-state index contributed by atoms with van der Waals surface area (Å²) >= 11 is 0. The van der Waals surface area contributed by atoms with Gasteiger partial charge in [0.15, 0.2) is 0 Å². The largest absolute Gasteiger partial charge is 0.481 e. The third-order valence-corrected chi connectivity index (χ3v) is 2.99. The minimum absolute atomic E-state index is 0.117. The van der Waals surface area contributed by atoms with Crippen molar-refractivity contribution in [2.45, 2.75) is 18.9 Å². The molecule has 1 atom stereocenters. The Labute approximate surface area is 106 Å². The van der Waals surface area contributed by atoms with Crippen molar-refractivity contribution < 1.29 is 19.8 Å². The van der Waals surface area contributed by atoms with Crippen LogP contribution in [0.5, 0.6) is 0 Å². The Balaban J connectivity index is 2.56. The number of carbonyl (C=O) groups is 2. The monoisotopic (exact) mass is 259 g/mol. The maximum absolute atomic E-state index is 11.2. The van der Waals surface area contributed by atoms with E-state index in [1.54, 1.807) is 0 Å². The van der Waals surface area contributed by atoms with Crippen LogP contribution in [0.2, 0.25) is 0 Å². The van der Waals surface area contributed by atoms with Crippen molar-refractivity contribution in [2.24, 2.45) is 0 Å². The summed E-state index contributed by atoms with van der Waals surface area (Å²) in [6.45, 7) is 4.41. The first-order valence-electron chi connectivity index (χ1n) is 6.21. The quantitative estimate of drug-likeness (QED) is 0.492. The minimum atomic E-state index is -0.957. The Morgan fingerprint density at radius 1 is 1.06 bits per heavy atom. The molecule has 1 fully saturated rings. The summed E-state index contributed by atoms with van der Waals surface area (Å²) < 4.78 is 0. The van der Waals surface area contributed by atoms with Crippen molar-refractivity contribution in [1.82, 2.24) is 15.5 Å². The predicted molar refractivity (Wildman–Crippen MR) is 65.6 cm³/mol. The van der Waals surface area contributed by atoms with Crippen LogP contribution < -0.4 is 10.6 Å². The topological polar surface area (TPSA) is 102 Å². The summed E-state index contributed by atoms with van der Waals surface area (Å²) in [5.41, 5.74) is 0. The Morgan fingerprint density at radius 2 is 1.61 bits per heavy atom. The molecule has 1 rings (SSSR count). The van der Waals surface area contributed by atoms with Gasteiger partial charge in [-0.15, -0.1) is 0 Å². The number of carboxylic acids is 2. The van der Waals surface area contributed by atoms with Crippen LogP contribution in [0.15, 0.2) is 0 Å². The predicted octanol–water partition coefficient (Wildman–Crippen LogP) is -1.20. The van der Waals surface area contributed by atoms with Crippen molar-refractivity contribution in [3.63, 3.8) is 0 Å². The molecular weight excluding hydrogens is 238 g/mol. The molecule has 0 aromatic carbocycles. The zero-order valence-electron chi connectivity index (χ0n) is 10.4. The standard InChI is InChI=1S/C11H21N3O4/c15-10(16)2-1-9(11(17)18)14-7-5-12-3-4-13-6-8-14/h9,12-13H,1-8H2,(H,15,16)(H,17,18). The molecular formula is C11H21N3O4. The highest BCUT2D eigenvalue weighted by molar-refractivity contribution is 5.75. The highest BCUT2D eigenvalue weighted by Crippen LogP contribution is 2.07. The summed E-state index contributed by atoms with van der Waals surface area (Å²) in [4.78, 5) is 23.6. The lowest BCUT2D eigenvalue weighted by Gasteiger charge is -2.28. The third-order valence-electron chi connectivity index (χ3n) is 2.99. The molecule has 1 aliphatic heterocycles. The van der Waals surface area contributed by atoms with Crippen molar-refractivity contribution in [3.8, 4) is 0 Å². The van der Waals surface area contributed by atoms with Crippen LogP contribution >= 0.6 is 0 Å². The number of nitrogens with one attached hydrogen (secondary N) is 2. The van der Waals surface area contributed by atoms with Crippen LogP contribution in [0.3, 0.4) is 0 Å². The van der Waals surface area contributed by atoms with Crippen molar-refractivity contribution in [1.29, 1.82) is 0 Å². The van der Waals surface area contributed by atoms with E-state index in [9.17, 15) is 14.7 Å². The maximum Gasteiger partial charge on any atom is 0.320 e. The summed E-state index contributed by atoms with van der Waals surface area (Å²) in [6, 6.07) is -0.720. The Kier molecular flexibility index (Phi) is 6.63. The molecule has 0 radical (unpaired) electrons. The summed E-state index contributed by atoms with van der Waals surface area (Å²) in [7, 11) is 0. The molecule has 1 aliphatic rings. The van der Waals surface area contributed by atoms with Crippen LogP contribution in [0.1, 0.15) is 12.8 Å². The van der Waals surface area contributed by atoms with Crippen LogP contribution in [0, 0.1) is 0 Å². The van der Waals surface area contributed by atoms with Crippen LogP contribution in [-0.4, -0.2) is 72.4 Å². The van der Waals surface area contributed by atoms with Gasteiger partial charge in [-0.3, -0.25) is 14.5 Å². The zero-order chi connectivity index (χ0) is 13.4. The lowest BCUT2D eigenvalue weighted by molar-refractivity contribution is -0.144. The van der Waals surface area contributed by atoms with E-state index in [2.05, 4.69) is 10.6 Å². The van der Waals surface area contributed by atoms with E-state index in [1.165, 1.54) is 0 Å². The second-order valence-electron chi connectivity index (χ2n) is 4.32. The fourth-order valence-electron chi connectivity index (χ4n) is 2.02. The zero-order valence-corrected chi connectivity index (χ0v) is 10.4. The molecule has 0 amide bonds. The molecule has 18 heavy (non-hydrogen) atoms. The Morgan fingerprint density at radius 3 is 2.06 bits per heavy atom. The van der Waals surface area contributed by atoms with Gasteiger partial charge >= 0.3 is 11.9 Å². The molecule has 104 valence electrons. The number of carboxylic acid groups (broad SMARTS) is 2. The van der Waals surface area contributed by atoms with Gasteiger partial charge in [0, 0.05) is 45.7 Å². The van der Waals surface area contributed by atoms with Gasteiger partial charge in [-0.25, -0.2) is 0 Å². The molecule has 1 saturated heterocycles. The van der Waals surface area contributed by atoms with E-state index < -0.39 is 18.0 Å². The lowest BCUT2D eigenvalue weighted by atomic mass is 10.1. The van der Waals surface area contributed by atoms with Crippen LogP contribution in [0.4, 0.5) is 0 Å². The maximum atomic E-state index is 11.2. The van der Waals surface area contributed by atoms with Gasteiger partial charge in [-0.2, -0.15) is 0 Å². The number of hydrogen-bond donors (Lipinski definition) is 4. The lowest BCUT2D eigenvalue weighted by Crippen LogP contribution is -2.46. The Bertz CT molecular complexity index is 275. The van der Waals surface area contributed by atoms with Gasteiger partial charge in [0.2, 0.25) is 0 Å². The second-order valence-corrected chi connectivity index (χ2v) is 4.32. The van der Waals surface area contributed by atoms with Gasteiger partial charge < -0.3 is 20.8 Å². The molecule has 0 aromatic heterocycles. The minimum Gasteiger partial charge on any atom is -0.481 e. The molecule has 0 spiro atoms. The molecule has 7 heteroatoms. The number of hydrogen-bond acceptors (Lipinski definition) is 5. The highest BCUT2D eigenvalue weighted by Gasteiger charge is 2.25. The Hall–Kier alpha value is -1.18. The van der Waals surface area contributed by atoms with Crippen molar-refractivity contribution in [3.05, 3.63) is 0 Å². The normalized spacial score (nSPS) is 20.4. The number of aliphatic carboxylic acids is 2. The molecule has 0 bridgehead atoms. The highest BCUT2D eigenvalue weighted by atomic mass is 16.4. The van der Waals surface area contributed by atoms with Crippen molar-refractivity contribution >= 4 is 11.9 Å². The molecule has 0 aromatic rings. The first-order chi connectivity index (χ1) is 8.61. The van der Waals surface area contributed by atoms with Gasteiger partial charge in [0.05, 0.1) is 0 Å². The summed E-state index contributed by atoms with van der Waals surface area (Å²) in [5.74, 6) is -1.91. The fraction of sp³-hybridized carbons (Fsp3) is 0.818. The van der Waals surface area contributed by atoms with Gasteiger partial charge in [-0.1, -0.05) is 0 Å². The summed E-state index contributed by atoms with van der Waals surface area (Å²) in [6.07, 6.45) is 0.0268. The second kappa shape index (κ2) is 8.02. The smallest absolute Gasteiger partial charge is 0.320 e. The van der Waals surface area contributed by atoms with E-state index in [-0.39, 0.29) is 12.8 Å². The molecule has 1 heterocycles. The molecule has 7 nitrogen and oxygen atoms in total. The van der Waals surface area contributed by atoms with Crippen LogP contribution in [0.25, 0.3) is 0 Å². The number of rotatable bonds is 5. The van der Waals surface area contributed by atoms with Crippen molar-refractivity contribution in [2.75, 3.05) is 39.3 Å². The van der Waals surface area contributed by atoms with E-state index >= 15 is 0 Å². The molecule has 1 unspecified atom stereocenters. The average Bonchev–Trinajstić information content (AvgIpc) is 2.42. The van der Waals surface area contributed by atoms with E-state index in [1.807, 2.05) is 4.90 Å². The number of nitrogens with zero attached hydrogens (tertiary/aromatic N) is 1. The average molecular weight is 259 g/mol. The first kappa shape index (κ1) is 14.9. The van der Waals surface area contributed by atoms with E-state index in [0.717, 1.165) is 26.2 Å². The van der Waals surface area contributed by atoms with E-state index in [0.29, 0.717) is 13.1 Å². The van der Waals surface area contributed by atoms with Gasteiger partial charge in [-0.05, 0) is 6.42 Å². The molecule has 0 aliphatic carbocycles. The van der Waals surface area contributed by atoms with Crippen LogP contribution in [-0.2, 0) is 9.59 Å². The fourth-order valence-corrected chi connectivity index (χ4v) is 2.02. The molecule has 0 saturated carbocycles. The SMILES string of the molecule is O=C(O)CCC(C(=O)O)N1CCNCCNCC1.